The second-order valence-corrected chi connectivity index (χ2v) is 7.30. The summed E-state index contributed by atoms with van der Waals surface area (Å²) in [6, 6.07) is 25.9. The van der Waals surface area contributed by atoms with Gasteiger partial charge in [0.15, 0.2) is 5.69 Å². The smallest absolute Gasteiger partial charge is 0.276 e. The van der Waals surface area contributed by atoms with Crippen LogP contribution in [0.25, 0.3) is 16.9 Å². The zero-order valence-corrected chi connectivity index (χ0v) is 16.8. The van der Waals surface area contributed by atoms with Crippen LogP contribution in [0.3, 0.4) is 0 Å². The molecule has 1 N–H and O–H groups in total. The third-order valence-electron chi connectivity index (χ3n) is 4.96. The van der Waals surface area contributed by atoms with Crippen molar-refractivity contribution in [3.63, 3.8) is 0 Å². The number of nitrogens with one attached hydrogen (secondary N) is 1. The van der Waals surface area contributed by atoms with E-state index >= 15 is 0 Å². The largest absolute Gasteiger partial charge is 0.320 e. The van der Waals surface area contributed by atoms with Crippen molar-refractivity contribution in [2.24, 2.45) is 0 Å². The molecule has 1 heterocycles. The lowest BCUT2D eigenvalue weighted by molar-refractivity contribution is 0.102. The summed E-state index contributed by atoms with van der Waals surface area (Å²) in [6.45, 7) is 6.08. The first-order valence-electron chi connectivity index (χ1n) is 9.62. The van der Waals surface area contributed by atoms with Gasteiger partial charge >= 0.3 is 0 Å². The topological polar surface area (TPSA) is 46.9 Å². The van der Waals surface area contributed by atoms with Gasteiger partial charge in [0, 0.05) is 11.3 Å². The van der Waals surface area contributed by atoms with Gasteiger partial charge in [-0.15, -0.1) is 0 Å². The summed E-state index contributed by atoms with van der Waals surface area (Å²) in [6.07, 6.45) is 0. The predicted molar refractivity (Wildman–Crippen MR) is 118 cm³/mol. The molecule has 29 heavy (non-hydrogen) atoms. The number of aromatic nitrogens is 2. The normalized spacial score (nSPS) is 10.7. The molecule has 0 aliphatic heterocycles. The van der Waals surface area contributed by atoms with Crippen molar-refractivity contribution < 1.29 is 4.79 Å². The number of carbonyl (C=O) groups excluding carboxylic acids is 1. The standard InChI is InChI=1S/C25H23N3O/c1-17-8-12-20(13-9-17)24-16-23(25(29)26-22-7-5-4-6-19(22)3)27-28(24)21-14-10-18(2)11-15-21/h4-16H,1-3H3,(H,26,29). The van der Waals surface area contributed by atoms with E-state index in [1.165, 1.54) is 11.1 Å². The van der Waals surface area contributed by atoms with Crippen LogP contribution in [0.5, 0.6) is 0 Å². The van der Waals surface area contributed by atoms with E-state index in [-0.39, 0.29) is 5.91 Å². The summed E-state index contributed by atoms with van der Waals surface area (Å²) in [5.41, 5.74) is 7.35. The van der Waals surface area contributed by atoms with Gasteiger partial charge in [-0.1, -0.05) is 65.7 Å². The van der Waals surface area contributed by atoms with Crippen molar-refractivity contribution in [2.45, 2.75) is 20.8 Å². The summed E-state index contributed by atoms with van der Waals surface area (Å²) in [5.74, 6) is -0.224. The number of benzene rings is 3. The lowest BCUT2D eigenvalue weighted by atomic mass is 10.1. The monoisotopic (exact) mass is 381 g/mol. The van der Waals surface area contributed by atoms with Crippen molar-refractivity contribution in [1.82, 2.24) is 9.78 Å². The second-order valence-electron chi connectivity index (χ2n) is 7.30. The molecule has 0 saturated heterocycles. The Labute approximate surface area is 170 Å². The van der Waals surface area contributed by atoms with Crippen LogP contribution in [0.4, 0.5) is 5.69 Å². The van der Waals surface area contributed by atoms with Crippen LogP contribution in [0, 0.1) is 20.8 Å². The van der Waals surface area contributed by atoms with E-state index in [0.29, 0.717) is 5.69 Å². The van der Waals surface area contributed by atoms with Crippen LogP contribution >= 0.6 is 0 Å². The van der Waals surface area contributed by atoms with Crippen molar-refractivity contribution >= 4 is 11.6 Å². The molecule has 4 heteroatoms. The summed E-state index contributed by atoms with van der Waals surface area (Å²) in [4.78, 5) is 12.9. The Kier molecular flexibility index (Phi) is 5.00. The number of rotatable bonds is 4. The van der Waals surface area contributed by atoms with Crippen molar-refractivity contribution in [3.8, 4) is 16.9 Å². The maximum absolute atomic E-state index is 12.9. The summed E-state index contributed by atoms with van der Waals surface area (Å²) in [7, 11) is 0. The highest BCUT2D eigenvalue weighted by Gasteiger charge is 2.17. The Balaban J connectivity index is 1.76. The third kappa shape index (κ3) is 3.97. The van der Waals surface area contributed by atoms with E-state index in [1.807, 2.05) is 66.2 Å². The third-order valence-corrected chi connectivity index (χ3v) is 4.96. The van der Waals surface area contributed by atoms with Crippen LogP contribution in [0.2, 0.25) is 0 Å². The van der Waals surface area contributed by atoms with Gasteiger partial charge in [-0.3, -0.25) is 4.79 Å². The number of para-hydroxylation sites is 1. The van der Waals surface area contributed by atoms with Crippen molar-refractivity contribution in [1.29, 1.82) is 0 Å². The molecule has 4 rings (SSSR count). The number of anilines is 1. The first-order chi connectivity index (χ1) is 14.0. The molecule has 1 aromatic heterocycles. The van der Waals surface area contributed by atoms with Gasteiger partial charge in [0.25, 0.3) is 5.91 Å². The summed E-state index contributed by atoms with van der Waals surface area (Å²) >= 11 is 0. The molecular weight excluding hydrogens is 358 g/mol. The van der Waals surface area contributed by atoms with Gasteiger partial charge in [0.05, 0.1) is 11.4 Å². The van der Waals surface area contributed by atoms with Crippen LogP contribution in [0.15, 0.2) is 78.9 Å². The van der Waals surface area contributed by atoms with Gasteiger partial charge in [0.1, 0.15) is 0 Å². The van der Waals surface area contributed by atoms with E-state index in [4.69, 9.17) is 0 Å². The zero-order chi connectivity index (χ0) is 20.4. The molecule has 0 unspecified atom stereocenters. The fourth-order valence-corrected chi connectivity index (χ4v) is 3.20. The highest BCUT2D eigenvalue weighted by atomic mass is 16.2. The molecule has 0 fully saturated rings. The minimum absolute atomic E-state index is 0.224. The fourth-order valence-electron chi connectivity index (χ4n) is 3.20. The second kappa shape index (κ2) is 7.76. The average molecular weight is 381 g/mol. The molecule has 0 atom stereocenters. The Morgan fingerprint density at radius 3 is 2.10 bits per heavy atom. The molecule has 0 saturated carbocycles. The van der Waals surface area contributed by atoms with Crippen LogP contribution in [0.1, 0.15) is 27.2 Å². The highest BCUT2D eigenvalue weighted by Crippen LogP contribution is 2.25. The molecule has 0 spiro atoms. The SMILES string of the molecule is Cc1ccc(-c2cc(C(=O)Nc3ccccc3C)nn2-c2ccc(C)cc2)cc1. The van der Waals surface area contributed by atoms with Gasteiger partial charge in [-0.25, -0.2) is 4.68 Å². The number of amides is 1. The van der Waals surface area contributed by atoms with Crippen molar-refractivity contribution in [3.05, 3.63) is 101 Å². The fraction of sp³-hybridized carbons (Fsp3) is 0.120. The maximum Gasteiger partial charge on any atom is 0.276 e. The Morgan fingerprint density at radius 2 is 1.45 bits per heavy atom. The van der Waals surface area contributed by atoms with Crippen LogP contribution < -0.4 is 5.32 Å². The Hall–Kier alpha value is -3.66. The predicted octanol–water partition coefficient (Wildman–Crippen LogP) is 5.72. The Morgan fingerprint density at radius 1 is 0.828 bits per heavy atom. The van der Waals surface area contributed by atoms with Gasteiger partial charge in [0.2, 0.25) is 0 Å². The first-order valence-corrected chi connectivity index (χ1v) is 9.62. The molecule has 0 radical (unpaired) electrons. The van der Waals surface area contributed by atoms with Gasteiger partial charge in [-0.2, -0.15) is 5.10 Å². The molecule has 4 nitrogen and oxygen atoms in total. The van der Waals surface area contributed by atoms with Gasteiger partial charge in [-0.05, 0) is 50.6 Å². The molecule has 4 aromatic rings. The summed E-state index contributed by atoms with van der Waals surface area (Å²) in [5, 5.41) is 7.61. The van der Waals surface area contributed by atoms with Gasteiger partial charge < -0.3 is 5.32 Å². The maximum atomic E-state index is 12.9. The van der Waals surface area contributed by atoms with E-state index in [0.717, 1.165) is 28.2 Å². The highest BCUT2D eigenvalue weighted by molar-refractivity contribution is 6.04. The average Bonchev–Trinajstić information content (AvgIpc) is 3.16. The van der Waals surface area contributed by atoms with E-state index in [9.17, 15) is 4.79 Å². The minimum atomic E-state index is -0.224. The quantitative estimate of drug-likeness (QED) is 0.492. The minimum Gasteiger partial charge on any atom is -0.320 e. The lowest BCUT2D eigenvalue weighted by Gasteiger charge is -2.08. The van der Waals surface area contributed by atoms with Crippen LogP contribution in [-0.4, -0.2) is 15.7 Å². The number of carbonyl (C=O) groups is 1. The number of aryl methyl sites for hydroxylation is 3. The zero-order valence-electron chi connectivity index (χ0n) is 16.8. The number of nitrogens with zero attached hydrogens (tertiary/aromatic N) is 2. The van der Waals surface area contributed by atoms with E-state index in [2.05, 4.69) is 48.5 Å². The van der Waals surface area contributed by atoms with E-state index < -0.39 is 0 Å². The molecule has 1 amide bonds. The molecule has 0 aliphatic carbocycles. The first kappa shape index (κ1) is 18.7. The molecular formula is C25H23N3O. The molecule has 144 valence electrons. The molecule has 0 bridgehead atoms. The molecule has 3 aromatic carbocycles. The number of hydrogen-bond acceptors (Lipinski definition) is 2. The van der Waals surface area contributed by atoms with Crippen molar-refractivity contribution in [2.75, 3.05) is 5.32 Å². The summed E-state index contributed by atoms with van der Waals surface area (Å²) < 4.78 is 1.83. The van der Waals surface area contributed by atoms with E-state index in [1.54, 1.807) is 0 Å². The Bertz CT molecular complexity index is 1090. The molecule has 0 aliphatic rings. The number of hydrogen-bond donors (Lipinski definition) is 1. The van der Waals surface area contributed by atoms with Crippen LogP contribution in [-0.2, 0) is 0 Å². The lowest BCUT2D eigenvalue weighted by Crippen LogP contribution is -2.14.